The van der Waals surface area contributed by atoms with E-state index in [-0.39, 0.29) is 41.5 Å². The van der Waals surface area contributed by atoms with Gasteiger partial charge in [-0.05, 0) is 44.2 Å². The van der Waals surface area contributed by atoms with Gasteiger partial charge in [0.15, 0.2) is 11.6 Å². The lowest BCUT2D eigenvalue weighted by Gasteiger charge is -2.34. The maximum absolute atomic E-state index is 14.5. The standard InChI is InChI=1S/C23H31FN4O5/c1-15(2)33-18-8-7-16(13-17(18)24)25-20-26-21(31)27(12-9-19(29)30)22(32)28(20)14-23(3)10-5-4-6-11-23/h7-8,13,15H,4-6,9-12,14H2,1-3H3,(H,29,30)(H,25,26,31). The molecule has 1 aliphatic carbocycles. The lowest BCUT2D eigenvalue weighted by molar-refractivity contribution is -0.137. The van der Waals surface area contributed by atoms with Gasteiger partial charge in [-0.15, -0.1) is 0 Å². The number of aliphatic carboxylic acids is 1. The zero-order chi connectivity index (χ0) is 24.2. The predicted octanol–water partition coefficient (Wildman–Crippen LogP) is 2.94. The summed E-state index contributed by atoms with van der Waals surface area (Å²) in [5, 5.41) is 8.98. The maximum atomic E-state index is 14.5. The van der Waals surface area contributed by atoms with E-state index in [0.717, 1.165) is 36.7 Å². The van der Waals surface area contributed by atoms with E-state index in [2.05, 4.69) is 16.9 Å². The number of halogens is 1. The second kappa shape index (κ2) is 10.2. The molecule has 1 aromatic heterocycles. The van der Waals surface area contributed by atoms with Crippen LogP contribution in [0.25, 0.3) is 0 Å². The molecular formula is C23H31FN4O5. The molecule has 2 N–H and O–H groups in total. The van der Waals surface area contributed by atoms with Crippen LogP contribution < -0.4 is 21.7 Å². The van der Waals surface area contributed by atoms with Gasteiger partial charge in [-0.2, -0.15) is 0 Å². The highest BCUT2D eigenvalue weighted by Gasteiger charge is 2.28. The highest BCUT2D eigenvalue weighted by atomic mass is 19.1. The number of carboxylic acid groups (broad SMARTS) is 1. The first-order valence-electron chi connectivity index (χ1n) is 11.2. The number of hydrogen-bond donors (Lipinski definition) is 2. The summed E-state index contributed by atoms with van der Waals surface area (Å²) in [5.41, 5.74) is -1.35. The van der Waals surface area contributed by atoms with Gasteiger partial charge in [0.05, 0.1) is 18.2 Å². The quantitative estimate of drug-likeness (QED) is 0.625. The zero-order valence-corrected chi connectivity index (χ0v) is 19.3. The Bertz CT molecular complexity index is 1190. The van der Waals surface area contributed by atoms with E-state index in [4.69, 9.17) is 9.84 Å². The molecule has 0 amide bonds. The summed E-state index contributed by atoms with van der Waals surface area (Å²) in [4.78, 5) is 43.7. The lowest BCUT2D eigenvalue weighted by Crippen LogP contribution is -2.52. The molecule has 0 spiro atoms. The van der Waals surface area contributed by atoms with Gasteiger partial charge in [0.25, 0.3) is 0 Å². The second-order valence-corrected chi connectivity index (χ2v) is 9.18. The minimum atomic E-state index is -1.11. The zero-order valence-electron chi connectivity index (χ0n) is 19.3. The summed E-state index contributed by atoms with van der Waals surface area (Å²) < 4.78 is 22.1. The first-order valence-corrected chi connectivity index (χ1v) is 11.2. The Labute approximate surface area is 190 Å². The van der Waals surface area contributed by atoms with Crippen LogP contribution in [0.5, 0.6) is 5.75 Å². The Kier molecular flexibility index (Phi) is 7.55. The highest BCUT2D eigenvalue weighted by Crippen LogP contribution is 2.36. The summed E-state index contributed by atoms with van der Waals surface area (Å²) in [5.74, 6) is -1.63. The summed E-state index contributed by atoms with van der Waals surface area (Å²) in [6.45, 7) is 5.72. The van der Waals surface area contributed by atoms with E-state index >= 15 is 0 Å². The van der Waals surface area contributed by atoms with E-state index in [1.54, 1.807) is 19.9 Å². The number of benzene rings is 1. The molecular weight excluding hydrogens is 431 g/mol. The summed E-state index contributed by atoms with van der Waals surface area (Å²) in [7, 11) is 0. The van der Waals surface area contributed by atoms with E-state index in [1.165, 1.54) is 16.7 Å². The van der Waals surface area contributed by atoms with Crippen molar-refractivity contribution >= 4 is 11.7 Å². The van der Waals surface area contributed by atoms with Gasteiger partial charge in [-0.25, -0.2) is 23.5 Å². The van der Waals surface area contributed by atoms with Crippen LogP contribution in [-0.4, -0.2) is 31.3 Å². The van der Waals surface area contributed by atoms with Crippen LogP contribution in [0.1, 0.15) is 59.3 Å². The Morgan fingerprint density at radius 2 is 1.94 bits per heavy atom. The third-order valence-electron chi connectivity index (χ3n) is 5.84. The summed E-state index contributed by atoms with van der Waals surface area (Å²) in [6, 6.07) is 4.17. The number of ether oxygens (including phenoxy) is 1. The van der Waals surface area contributed by atoms with E-state index in [1.807, 2.05) is 0 Å². The molecule has 1 aromatic carbocycles. The molecule has 0 radical (unpaired) electrons. The molecule has 10 heteroatoms. The molecule has 1 fully saturated rings. The van der Waals surface area contributed by atoms with Gasteiger partial charge in [-0.1, -0.05) is 26.2 Å². The van der Waals surface area contributed by atoms with Gasteiger partial charge in [0.1, 0.15) is 0 Å². The average Bonchev–Trinajstić information content (AvgIpc) is 2.73. The van der Waals surface area contributed by atoms with Crippen molar-refractivity contribution in [1.29, 1.82) is 0 Å². The van der Waals surface area contributed by atoms with Crippen molar-refractivity contribution in [2.75, 3.05) is 0 Å². The minimum Gasteiger partial charge on any atom is -0.488 e. The fraction of sp³-hybridized carbons (Fsp3) is 0.565. The Hall–Kier alpha value is -3.17. The smallest absolute Gasteiger partial charge is 0.335 e. The van der Waals surface area contributed by atoms with Crippen LogP contribution in [-0.2, 0) is 17.9 Å². The third kappa shape index (κ3) is 6.21. The molecule has 0 aliphatic heterocycles. The molecule has 180 valence electrons. The van der Waals surface area contributed by atoms with Crippen molar-refractivity contribution in [3.8, 4) is 5.75 Å². The van der Waals surface area contributed by atoms with Crippen molar-refractivity contribution < 1.29 is 19.0 Å². The van der Waals surface area contributed by atoms with Crippen LogP contribution in [0.2, 0.25) is 0 Å². The fourth-order valence-corrected chi connectivity index (χ4v) is 4.17. The average molecular weight is 463 g/mol. The second-order valence-electron chi connectivity index (χ2n) is 9.18. The van der Waals surface area contributed by atoms with Crippen molar-refractivity contribution in [2.45, 2.75) is 78.5 Å². The fourth-order valence-electron chi connectivity index (χ4n) is 4.17. The van der Waals surface area contributed by atoms with E-state index < -0.39 is 23.2 Å². The largest absolute Gasteiger partial charge is 0.488 e. The van der Waals surface area contributed by atoms with Gasteiger partial charge < -0.3 is 9.84 Å². The maximum Gasteiger partial charge on any atom is 0.335 e. The van der Waals surface area contributed by atoms with Crippen molar-refractivity contribution in [2.24, 2.45) is 10.4 Å². The molecule has 9 nitrogen and oxygen atoms in total. The molecule has 1 aliphatic rings. The summed E-state index contributed by atoms with van der Waals surface area (Å²) in [6.07, 6.45) is 4.50. The Balaban J connectivity index is 2.11. The van der Waals surface area contributed by atoms with Crippen LogP contribution in [0.4, 0.5) is 10.1 Å². The van der Waals surface area contributed by atoms with Gasteiger partial charge in [-0.3, -0.25) is 14.3 Å². The molecule has 2 aromatic rings. The van der Waals surface area contributed by atoms with Gasteiger partial charge >= 0.3 is 17.3 Å². The third-order valence-corrected chi connectivity index (χ3v) is 5.84. The molecule has 33 heavy (non-hydrogen) atoms. The van der Waals surface area contributed by atoms with Crippen LogP contribution >= 0.6 is 0 Å². The Morgan fingerprint density at radius 1 is 1.24 bits per heavy atom. The minimum absolute atomic E-state index is 0.000279. The van der Waals surface area contributed by atoms with Crippen LogP contribution in [0.15, 0.2) is 32.8 Å². The number of carboxylic acids is 1. The number of carbonyl (C=O) groups is 1. The highest BCUT2D eigenvalue weighted by molar-refractivity contribution is 5.66. The molecule has 1 heterocycles. The number of nitrogens with zero attached hydrogens (tertiary/aromatic N) is 3. The monoisotopic (exact) mass is 462 g/mol. The van der Waals surface area contributed by atoms with Crippen molar-refractivity contribution in [3.05, 3.63) is 50.6 Å². The first-order chi connectivity index (χ1) is 15.6. The SMILES string of the molecule is CC(C)Oc1ccc(/N=c2\[nH]c(=O)n(CCC(=O)O)c(=O)n2CC2(C)CCCCC2)cc1F. The topological polar surface area (TPSA) is 119 Å². The molecule has 0 atom stereocenters. The lowest BCUT2D eigenvalue weighted by atomic mass is 9.76. The summed E-state index contributed by atoms with van der Waals surface area (Å²) >= 11 is 0. The molecule has 3 rings (SSSR count). The van der Waals surface area contributed by atoms with Crippen LogP contribution in [0.3, 0.4) is 0 Å². The van der Waals surface area contributed by atoms with Gasteiger partial charge in [0, 0.05) is 19.2 Å². The van der Waals surface area contributed by atoms with Crippen molar-refractivity contribution in [3.63, 3.8) is 0 Å². The number of rotatable bonds is 8. The number of aromatic amines is 1. The number of nitrogens with one attached hydrogen (secondary N) is 1. The molecule has 1 saturated carbocycles. The number of aromatic nitrogens is 3. The van der Waals surface area contributed by atoms with E-state index in [9.17, 15) is 18.8 Å². The van der Waals surface area contributed by atoms with Crippen molar-refractivity contribution in [1.82, 2.24) is 14.1 Å². The van der Waals surface area contributed by atoms with E-state index in [0.29, 0.717) is 6.54 Å². The van der Waals surface area contributed by atoms with Crippen LogP contribution in [0, 0.1) is 11.2 Å². The number of hydrogen-bond acceptors (Lipinski definition) is 5. The first kappa shape index (κ1) is 24.5. The number of H-pyrrole nitrogens is 1. The Morgan fingerprint density at radius 3 is 2.55 bits per heavy atom. The normalized spacial score (nSPS) is 16.2. The van der Waals surface area contributed by atoms with Gasteiger partial charge in [0.2, 0.25) is 5.62 Å². The molecule has 0 unspecified atom stereocenters. The molecule has 0 bridgehead atoms. The molecule has 0 saturated heterocycles. The predicted molar refractivity (Wildman–Crippen MR) is 120 cm³/mol.